The molecule has 0 saturated heterocycles. The van der Waals surface area contributed by atoms with Gasteiger partial charge in [0.1, 0.15) is 0 Å². The molecule has 0 radical (unpaired) electrons. The van der Waals surface area contributed by atoms with Gasteiger partial charge in [0.15, 0.2) is 23.1 Å². The fourth-order valence-electron chi connectivity index (χ4n) is 2.61. The largest absolute Gasteiger partial charge is 0.420 e. The standard InChI is InChI=1S/C25H21FO6/c1-6-23(27)30-20-11-9-17(13-19(20)26)15(4)16(5)18-10-12-21(31-24(28)7-2)22(14-18)32-25(29)8-3/h6-14H,1-3H2,4-5H3. The molecular formula is C25H21FO6. The van der Waals surface area contributed by atoms with E-state index in [4.69, 9.17) is 14.2 Å². The summed E-state index contributed by atoms with van der Waals surface area (Å²) in [7, 11) is 0. The Morgan fingerprint density at radius 3 is 1.56 bits per heavy atom. The molecule has 32 heavy (non-hydrogen) atoms. The Hall–Kier alpha value is -4.26. The van der Waals surface area contributed by atoms with Gasteiger partial charge in [0.25, 0.3) is 0 Å². The summed E-state index contributed by atoms with van der Waals surface area (Å²) in [6.07, 6.45) is 2.89. The highest BCUT2D eigenvalue weighted by Gasteiger charge is 2.15. The van der Waals surface area contributed by atoms with Crippen LogP contribution in [0.25, 0.3) is 11.1 Å². The van der Waals surface area contributed by atoms with Gasteiger partial charge in [-0.25, -0.2) is 18.8 Å². The number of rotatable bonds is 8. The van der Waals surface area contributed by atoms with Gasteiger partial charge in [-0.15, -0.1) is 0 Å². The highest BCUT2D eigenvalue weighted by atomic mass is 19.1. The molecule has 0 amide bonds. The first-order chi connectivity index (χ1) is 15.2. The van der Waals surface area contributed by atoms with Crippen molar-refractivity contribution in [3.8, 4) is 17.2 Å². The molecule has 164 valence electrons. The van der Waals surface area contributed by atoms with Gasteiger partial charge in [-0.2, -0.15) is 0 Å². The van der Waals surface area contributed by atoms with Crippen molar-refractivity contribution in [2.75, 3.05) is 0 Å². The van der Waals surface area contributed by atoms with Crippen LogP contribution >= 0.6 is 0 Å². The number of esters is 3. The molecule has 0 unspecified atom stereocenters. The quantitative estimate of drug-likeness (QED) is 0.249. The van der Waals surface area contributed by atoms with Crippen molar-refractivity contribution >= 4 is 29.1 Å². The van der Waals surface area contributed by atoms with Crippen LogP contribution in [-0.4, -0.2) is 17.9 Å². The predicted molar refractivity (Wildman–Crippen MR) is 119 cm³/mol. The molecule has 6 nitrogen and oxygen atoms in total. The Labute approximate surface area is 184 Å². The summed E-state index contributed by atoms with van der Waals surface area (Å²) in [5, 5.41) is 0. The first kappa shape index (κ1) is 24.0. The topological polar surface area (TPSA) is 78.9 Å². The second-order valence-corrected chi connectivity index (χ2v) is 6.43. The van der Waals surface area contributed by atoms with Crippen molar-refractivity contribution in [3.05, 3.63) is 91.3 Å². The molecule has 0 saturated carbocycles. The normalized spacial score (nSPS) is 11.0. The number of hydrogen-bond acceptors (Lipinski definition) is 6. The van der Waals surface area contributed by atoms with E-state index in [2.05, 4.69) is 19.7 Å². The van der Waals surface area contributed by atoms with Crippen LogP contribution in [0.4, 0.5) is 4.39 Å². The molecule has 0 spiro atoms. The lowest BCUT2D eigenvalue weighted by molar-refractivity contribution is -0.131. The van der Waals surface area contributed by atoms with E-state index in [1.807, 2.05) is 0 Å². The maximum Gasteiger partial charge on any atom is 0.335 e. The fourth-order valence-corrected chi connectivity index (χ4v) is 2.61. The number of ether oxygens (including phenoxy) is 3. The average Bonchev–Trinajstić information content (AvgIpc) is 2.79. The molecule has 2 aromatic rings. The number of allylic oxidation sites excluding steroid dienone is 2. The van der Waals surface area contributed by atoms with Crippen LogP contribution in [0.3, 0.4) is 0 Å². The highest BCUT2D eigenvalue weighted by molar-refractivity contribution is 5.91. The van der Waals surface area contributed by atoms with E-state index in [0.717, 1.165) is 23.8 Å². The molecule has 0 atom stereocenters. The van der Waals surface area contributed by atoms with Crippen LogP contribution in [0.2, 0.25) is 0 Å². The second kappa shape index (κ2) is 10.7. The zero-order chi connectivity index (χ0) is 23.8. The maximum absolute atomic E-state index is 14.4. The van der Waals surface area contributed by atoms with Gasteiger partial charge in [-0.1, -0.05) is 31.9 Å². The summed E-state index contributed by atoms with van der Waals surface area (Å²) in [4.78, 5) is 34.6. The van der Waals surface area contributed by atoms with Crippen molar-refractivity contribution in [2.24, 2.45) is 0 Å². The van der Waals surface area contributed by atoms with Gasteiger partial charge in [0.2, 0.25) is 0 Å². The van der Waals surface area contributed by atoms with Crippen molar-refractivity contribution in [2.45, 2.75) is 13.8 Å². The molecule has 2 aromatic carbocycles. The van der Waals surface area contributed by atoms with Crippen molar-refractivity contribution in [1.29, 1.82) is 0 Å². The molecule has 0 aliphatic rings. The van der Waals surface area contributed by atoms with Crippen LogP contribution in [0.5, 0.6) is 17.2 Å². The summed E-state index contributed by atoms with van der Waals surface area (Å²) in [6.45, 7) is 13.5. The minimum absolute atomic E-state index is 0.00705. The van der Waals surface area contributed by atoms with E-state index in [0.29, 0.717) is 16.7 Å². The molecule has 0 aliphatic heterocycles. The van der Waals surface area contributed by atoms with E-state index >= 15 is 0 Å². The van der Waals surface area contributed by atoms with Gasteiger partial charge in [-0.3, -0.25) is 0 Å². The Bertz CT molecular complexity index is 1140. The summed E-state index contributed by atoms with van der Waals surface area (Å²) in [5.74, 6) is -3.11. The lowest BCUT2D eigenvalue weighted by atomic mass is 9.96. The third-order valence-electron chi connectivity index (χ3n) is 4.44. The van der Waals surface area contributed by atoms with E-state index < -0.39 is 23.7 Å². The minimum Gasteiger partial charge on any atom is -0.420 e. The summed E-state index contributed by atoms with van der Waals surface area (Å²) < 4.78 is 29.5. The van der Waals surface area contributed by atoms with Gasteiger partial charge in [0, 0.05) is 18.2 Å². The number of carbonyl (C=O) groups is 3. The van der Waals surface area contributed by atoms with Crippen LogP contribution in [-0.2, 0) is 14.4 Å². The van der Waals surface area contributed by atoms with E-state index in [1.165, 1.54) is 24.3 Å². The lowest BCUT2D eigenvalue weighted by Gasteiger charge is -2.14. The van der Waals surface area contributed by atoms with Gasteiger partial charge < -0.3 is 14.2 Å². The number of halogens is 1. The first-order valence-electron chi connectivity index (χ1n) is 9.34. The Morgan fingerprint density at radius 2 is 1.09 bits per heavy atom. The Kier molecular flexibility index (Phi) is 8.01. The molecule has 0 N–H and O–H groups in total. The smallest absolute Gasteiger partial charge is 0.335 e. The van der Waals surface area contributed by atoms with Crippen molar-refractivity contribution < 1.29 is 33.0 Å². The van der Waals surface area contributed by atoms with Crippen LogP contribution in [0.15, 0.2) is 74.4 Å². The fraction of sp³-hybridized carbons (Fsp3) is 0.0800. The molecule has 0 aromatic heterocycles. The summed E-state index contributed by atoms with van der Waals surface area (Å²) in [6, 6.07) is 8.83. The minimum atomic E-state index is -0.765. The average molecular weight is 436 g/mol. The van der Waals surface area contributed by atoms with Crippen LogP contribution in [0.1, 0.15) is 25.0 Å². The first-order valence-corrected chi connectivity index (χ1v) is 9.34. The monoisotopic (exact) mass is 436 g/mol. The maximum atomic E-state index is 14.4. The Balaban J connectivity index is 2.46. The third kappa shape index (κ3) is 5.89. The van der Waals surface area contributed by atoms with E-state index in [1.54, 1.807) is 26.0 Å². The number of benzene rings is 2. The molecule has 0 aliphatic carbocycles. The zero-order valence-electron chi connectivity index (χ0n) is 17.6. The third-order valence-corrected chi connectivity index (χ3v) is 4.44. The van der Waals surface area contributed by atoms with E-state index in [9.17, 15) is 18.8 Å². The van der Waals surface area contributed by atoms with E-state index in [-0.39, 0.29) is 17.2 Å². The molecule has 0 fully saturated rings. The molecule has 7 heteroatoms. The molecular weight excluding hydrogens is 415 g/mol. The lowest BCUT2D eigenvalue weighted by Crippen LogP contribution is -2.08. The van der Waals surface area contributed by atoms with Gasteiger partial charge >= 0.3 is 17.9 Å². The van der Waals surface area contributed by atoms with Gasteiger partial charge in [-0.05, 0) is 60.4 Å². The van der Waals surface area contributed by atoms with Crippen LogP contribution < -0.4 is 14.2 Å². The molecule has 2 rings (SSSR count). The highest BCUT2D eigenvalue weighted by Crippen LogP contribution is 2.34. The SMILES string of the molecule is C=CC(=O)Oc1ccc(C(C)=C(C)c2ccc(OC(=O)C=C)c(OC(=O)C=C)c2)cc1F. The molecule has 0 heterocycles. The second-order valence-electron chi connectivity index (χ2n) is 6.43. The summed E-state index contributed by atoms with van der Waals surface area (Å²) >= 11 is 0. The summed E-state index contributed by atoms with van der Waals surface area (Å²) in [5.41, 5.74) is 2.63. The van der Waals surface area contributed by atoms with Crippen molar-refractivity contribution in [1.82, 2.24) is 0 Å². The van der Waals surface area contributed by atoms with Crippen LogP contribution in [0, 0.1) is 5.82 Å². The number of hydrogen-bond donors (Lipinski definition) is 0. The van der Waals surface area contributed by atoms with Gasteiger partial charge in [0.05, 0.1) is 0 Å². The molecule has 0 bridgehead atoms. The number of carbonyl (C=O) groups excluding carboxylic acids is 3. The Morgan fingerprint density at radius 1 is 0.688 bits per heavy atom. The van der Waals surface area contributed by atoms with Crippen molar-refractivity contribution in [3.63, 3.8) is 0 Å². The predicted octanol–water partition coefficient (Wildman–Crippen LogP) is 5.05. The zero-order valence-corrected chi connectivity index (χ0v) is 17.6.